The zero-order chi connectivity index (χ0) is 18.5. The van der Waals surface area contributed by atoms with Crippen molar-refractivity contribution in [1.82, 2.24) is 10.2 Å². The number of aryl methyl sites for hydroxylation is 1. The molecule has 26 heavy (non-hydrogen) atoms. The van der Waals surface area contributed by atoms with Crippen LogP contribution in [0.1, 0.15) is 34.8 Å². The minimum absolute atomic E-state index is 0.0221. The lowest BCUT2D eigenvalue weighted by molar-refractivity contribution is 0.0303. The molecule has 0 radical (unpaired) electrons. The number of carbonyl (C=O) groups is 2. The smallest absolute Gasteiger partial charge is 0.319 e. The molecule has 0 saturated carbocycles. The third-order valence-corrected chi connectivity index (χ3v) is 4.22. The van der Waals surface area contributed by atoms with Crippen molar-refractivity contribution in [1.29, 1.82) is 0 Å². The lowest BCUT2D eigenvalue weighted by Crippen LogP contribution is -2.40. The van der Waals surface area contributed by atoms with Gasteiger partial charge in [-0.05, 0) is 50.2 Å². The second-order valence-corrected chi connectivity index (χ2v) is 6.25. The highest BCUT2D eigenvalue weighted by atomic mass is 16.5. The predicted octanol–water partition coefficient (Wildman–Crippen LogP) is 2.94. The van der Waals surface area contributed by atoms with E-state index in [0.29, 0.717) is 43.3 Å². The van der Waals surface area contributed by atoms with Crippen molar-refractivity contribution >= 4 is 17.6 Å². The first-order valence-corrected chi connectivity index (χ1v) is 8.64. The average Bonchev–Trinajstić information content (AvgIpc) is 3.09. The maximum absolute atomic E-state index is 12.4. The van der Waals surface area contributed by atoms with Gasteiger partial charge in [0.25, 0.3) is 5.91 Å². The second kappa shape index (κ2) is 8.05. The highest BCUT2D eigenvalue weighted by molar-refractivity contribution is 5.95. The molecule has 1 saturated heterocycles. The molecule has 3 rings (SSSR count). The van der Waals surface area contributed by atoms with E-state index in [9.17, 15) is 9.59 Å². The summed E-state index contributed by atoms with van der Waals surface area (Å²) < 4.78 is 10.8. The molecule has 2 heterocycles. The quantitative estimate of drug-likeness (QED) is 0.881. The molecule has 7 heteroatoms. The number of urea groups is 1. The SMILES string of the molecule is Cc1ccc(C(C)NC(=O)Nc2ccc(C(=O)N3CCOCC3)cc2)o1. The number of hydrogen-bond donors (Lipinski definition) is 2. The highest BCUT2D eigenvalue weighted by Crippen LogP contribution is 2.16. The number of anilines is 1. The molecule has 1 aliphatic heterocycles. The Hall–Kier alpha value is -2.80. The standard InChI is InChI=1S/C19H23N3O4/c1-13-3-8-17(26-13)14(2)20-19(24)21-16-6-4-15(5-7-16)18(23)22-9-11-25-12-10-22/h3-8,14H,9-12H2,1-2H3,(H2,20,21,24). The number of ether oxygens (including phenoxy) is 1. The van der Waals surface area contributed by atoms with E-state index in [1.165, 1.54) is 0 Å². The van der Waals surface area contributed by atoms with Gasteiger partial charge < -0.3 is 24.7 Å². The summed E-state index contributed by atoms with van der Waals surface area (Å²) >= 11 is 0. The second-order valence-electron chi connectivity index (χ2n) is 6.25. The van der Waals surface area contributed by atoms with Gasteiger partial charge >= 0.3 is 6.03 Å². The van der Waals surface area contributed by atoms with Crippen LogP contribution in [0, 0.1) is 6.92 Å². The van der Waals surface area contributed by atoms with Crippen LogP contribution in [0.25, 0.3) is 0 Å². The number of morpholine rings is 1. The minimum atomic E-state index is -0.334. The number of hydrogen-bond acceptors (Lipinski definition) is 4. The third-order valence-electron chi connectivity index (χ3n) is 4.22. The van der Waals surface area contributed by atoms with Crippen molar-refractivity contribution in [3.63, 3.8) is 0 Å². The van der Waals surface area contributed by atoms with Crippen molar-refractivity contribution < 1.29 is 18.7 Å². The van der Waals surface area contributed by atoms with E-state index >= 15 is 0 Å². The van der Waals surface area contributed by atoms with Crippen LogP contribution in [-0.4, -0.2) is 43.1 Å². The van der Waals surface area contributed by atoms with E-state index in [0.717, 1.165) is 5.76 Å². The third kappa shape index (κ3) is 4.43. The summed E-state index contributed by atoms with van der Waals surface area (Å²) in [5, 5.41) is 5.57. The van der Waals surface area contributed by atoms with Gasteiger partial charge in [0.2, 0.25) is 0 Å². The summed E-state index contributed by atoms with van der Waals surface area (Å²) in [7, 11) is 0. The number of carbonyl (C=O) groups excluding carboxylic acids is 2. The van der Waals surface area contributed by atoms with Crippen molar-refractivity contribution in [2.24, 2.45) is 0 Å². The average molecular weight is 357 g/mol. The highest BCUT2D eigenvalue weighted by Gasteiger charge is 2.18. The Bertz CT molecular complexity index is 763. The molecule has 1 aromatic carbocycles. The summed E-state index contributed by atoms with van der Waals surface area (Å²) in [6, 6.07) is 9.98. The summed E-state index contributed by atoms with van der Waals surface area (Å²) in [5.41, 5.74) is 1.21. The van der Waals surface area contributed by atoms with Gasteiger partial charge in [0.15, 0.2) is 0 Å². The van der Waals surface area contributed by atoms with E-state index < -0.39 is 0 Å². The molecular formula is C19H23N3O4. The monoisotopic (exact) mass is 357 g/mol. The fourth-order valence-electron chi connectivity index (χ4n) is 2.77. The molecular weight excluding hydrogens is 334 g/mol. The minimum Gasteiger partial charge on any atom is -0.464 e. The number of nitrogens with one attached hydrogen (secondary N) is 2. The van der Waals surface area contributed by atoms with Gasteiger partial charge in [-0.15, -0.1) is 0 Å². The Morgan fingerprint density at radius 3 is 2.38 bits per heavy atom. The van der Waals surface area contributed by atoms with Crippen LogP contribution >= 0.6 is 0 Å². The van der Waals surface area contributed by atoms with E-state index in [-0.39, 0.29) is 18.0 Å². The lowest BCUT2D eigenvalue weighted by atomic mass is 10.1. The summed E-state index contributed by atoms with van der Waals surface area (Å²) in [6.07, 6.45) is 0. The lowest BCUT2D eigenvalue weighted by Gasteiger charge is -2.26. The summed E-state index contributed by atoms with van der Waals surface area (Å²) in [5.74, 6) is 1.48. The van der Waals surface area contributed by atoms with Gasteiger partial charge in [-0.1, -0.05) is 0 Å². The molecule has 2 N–H and O–H groups in total. The first-order valence-electron chi connectivity index (χ1n) is 8.64. The van der Waals surface area contributed by atoms with E-state index in [2.05, 4.69) is 10.6 Å². The van der Waals surface area contributed by atoms with E-state index in [4.69, 9.17) is 9.15 Å². The van der Waals surface area contributed by atoms with Crippen LogP contribution in [0.4, 0.5) is 10.5 Å². The van der Waals surface area contributed by atoms with Gasteiger partial charge in [-0.2, -0.15) is 0 Å². The molecule has 138 valence electrons. The molecule has 0 spiro atoms. The van der Waals surface area contributed by atoms with Gasteiger partial charge in [0, 0.05) is 24.3 Å². The number of benzene rings is 1. The van der Waals surface area contributed by atoms with E-state index in [1.54, 1.807) is 29.2 Å². The predicted molar refractivity (Wildman–Crippen MR) is 97.2 cm³/mol. The van der Waals surface area contributed by atoms with Crippen molar-refractivity contribution in [3.05, 3.63) is 53.5 Å². The molecule has 7 nitrogen and oxygen atoms in total. The van der Waals surface area contributed by atoms with Crippen molar-refractivity contribution in [3.8, 4) is 0 Å². The zero-order valence-corrected chi connectivity index (χ0v) is 15.0. The summed E-state index contributed by atoms with van der Waals surface area (Å²) in [4.78, 5) is 26.3. The van der Waals surface area contributed by atoms with Crippen molar-refractivity contribution in [2.75, 3.05) is 31.6 Å². The Kier molecular flexibility index (Phi) is 5.58. The van der Waals surface area contributed by atoms with Gasteiger partial charge in [0.05, 0.1) is 19.3 Å². The van der Waals surface area contributed by atoms with Crippen LogP contribution in [0.2, 0.25) is 0 Å². The topological polar surface area (TPSA) is 83.8 Å². The molecule has 1 aliphatic rings. The first-order chi connectivity index (χ1) is 12.5. The van der Waals surface area contributed by atoms with E-state index in [1.807, 2.05) is 26.0 Å². The maximum Gasteiger partial charge on any atom is 0.319 e. The van der Waals surface area contributed by atoms with Crippen LogP contribution in [0.15, 0.2) is 40.8 Å². The van der Waals surface area contributed by atoms with Crippen LogP contribution in [0.5, 0.6) is 0 Å². The fourth-order valence-corrected chi connectivity index (χ4v) is 2.77. The maximum atomic E-state index is 12.4. The number of nitrogens with zero attached hydrogens (tertiary/aromatic N) is 1. The Balaban J connectivity index is 1.55. The molecule has 1 fully saturated rings. The van der Waals surface area contributed by atoms with Crippen molar-refractivity contribution in [2.45, 2.75) is 19.9 Å². The number of rotatable bonds is 4. The fraction of sp³-hybridized carbons (Fsp3) is 0.368. The molecule has 0 aliphatic carbocycles. The molecule has 1 aromatic heterocycles. The Morgan fingerprint density at radius 2 is 1.77 bits per heavy atom. The number of amides is 3. The largest absolute Gasteiger partial charge is 0.464 e. The summed E-state index contributed by atoms with van der Waals surface area (Å²) in [6.45, 7) is 6.05. The molecule has 1 atom stereocenters. The normalized spacial score (nSPS) is 15.4. The Labute approximate surface area is 152 Å². The first kappa shape index (κ1) is 18.0. The molecule has 0 bridgehead atoms. The number of furan rings is 1. The van der Waals surface area contributed by atoms with Crippen LogP contribution < -0.4 is 10.6 Å². The van der Waals surface area contributed by atoms with Gasteiger partial charge in [-0.25, -0.2) is 4.79 Å². The molecule has 3 amide bonds. The van der Waals surface area contributed by atoms with Gasteiger partial charge in [0.1, 0.15) is 11.5 Å². The van der Waals surface area contributed by atoms with Crippen LogP contribution in [0.3, 0.4) is 0 Å². The molecule has 2 aromatic rings. The Morgan fingerprint density at radius 1 is 1.08 bits per heavy atom. The van der Waals surface area contributed by atoms with Gasteiger partial charge in [-0.3, -0.25) is 4.79 Å². The zero-order valence-electron chi connectivity index (χ0n) is 15.0. The molecule has 1 unspecified atom stereocenters. The van der Waals surface area contributed by atoms with Crippen LogP contribution in [-0.2, 0) is 4.74 Å².